The molecule has 100 valence electrons. The molecule has 0 bridgehead atoms. The monoisotopic (exact) mass is 287 g/mol. The van der Waals surface area contributed by atoms with Gasteiger partial charge in [-0.05, 0) is 36.4 Å². The van der Waals surface area contributed by atoms with E-state index in [9.17, 15) is 13.2 Å². The molecule has 0 fully saturated rings. The van der Waals surface area contributed by atoms with Crippen molar-refractivity contribution in [3.8, 4) is 11.5 Å². The van der Waals surface area contributed by atoms with E-state index >= 15 is 0 Å². The Balaban J connectivity index is 2.23. The minimum atomic E-state index is -4.47. The highest BCUT2D eigenvalue weighted by atomic mass is 35.5. The van der Waals surface area contributed by atoms with Crippen LogP contribution in [-0.2, 0) is 6.18 Å². The number of alkyl halides is 3. The molecule has 2 nitrogen and oxygen atoms in total. The number of hydrogen-bond acceptors (Lipinski definition) is 2. The van der Waals surface area contributed by atoms with Gasteiger partial charge in [-0.15, -0.1) is 0 Å². The lowest BCUT2D eigenvalue weighted by molar-refractivity contribution is -0.136. The Morgan fingerprint density at radius 1 is 0.947 bits per heavy atom. The van der Waals surface area contributed by atoms with Crippen molar-refractivity contribution >= 4 is 17.3 Å². The Morgan fingerprint density at radius 2 is 1.53 bits per heavy atom. The Kier molecular flexibility index (Phi) is 3.57. The number of ether oxygens (including phenoxy) is 1. The molecule has 0 atom stereocenters. The molecular formula is C13H9ClF3NO. The summed E-state index contributed by atoms with van der Waals surface area (Å²) >= 11 is 5.71. The molecule has 0 saturated heterocycles. The largest absolute Gasteiger partial charge is 0.457 e. The van der Waals surface area contributed by atoms with E-state index < -0.39 is 11.7 Å². The fraction of sp³-hybridized carbons (Fsp3) is 0.0769. The standard InChI is InChI=1S/C13H9ClF3NO/c14-8-1-3-9(4-2-8)19-10-5-6-11(12(18)7-10)13(15,16)17/h1-7H,18H2. The maximum Gasteiger partial charge on any atom is 0.418 e. The molecule has 19 heavy (non-hydrogen) atoms. The third-order valence-corrected chi connectivity index (χ3v) is 2.63. The SMILES string of the molecule is Nc1cc(Oc2ccc(Cl)cc2)ccc1C(F)(F)F. The second-order valence-electron chi connectivity index (χ2n) is 3.80. The first-order valence-electron chi connectivity index (χ1n) is 5.26. The molecule has 0 spiro atoms. The third-order valence-electron chi connectivity index (χ3n) is 2.38. The fourth-order valence-electron chi connectivity index (χ4n) is 1.50. The second kappa shape index (κ2) is 5.01. The first-order valence-corrected chi connectivity index (χ1v) is 5.64. The van der Waals surface area contributed by atoms with Crippen molar-refractivity contribution in [1.29, 1.82) is 0 Å². The predicted octanol–water partition coefficient (Wildman–Crippen LogP) is 4.73. The van der Waals surface area contributed by atoms with Gasteiger partial charge in [-0.25, -0.2) is 0 Å². The zero-order chi connectivity index (χ0) is 14.0. The van der Waals surface area contributed by atoms with Gasteiger partial charge in [0.25, 0.3) is 0 Å². The van der Waals surface area contributed by atoms with Crippen LogP contribution >= 0.6 is 11.6 Å². The first-order chi connectivity index (χ1) is 8.86. The van der Waals surface area contributed by atoms with Crippen molar-refractivity contribution in [2.75, 3.05) is 5.73 Å². The zero-order valence-corrected chi connectivity index (χ0v) is 10.3. The van der Waals surface area contributed by atoms with E-state index in [1.165, 1.54) is 6.07 Å². The molecule has 0 aliphatic carbocycles. The lowest BCUT2D eigenvalue weighted by atomic mass is 10.1. The molecule has 0 unspecified atom stereocenters. The van der Waals surface area contributed by atoms with E-state index in [4.69, 9.17) is 22.1 Å². The van der Waals surface area contributed by atoms with Crippen LogP contribution in [0, 0.1) is 0 Å². The molecule has 0 radical (unpaired) electrons. The maximum atomic E-state index is 12.5. The van der Waals surface area contributed by atoms with Crippen LogP contribution in [0.25, 0.3) is 0 Å². The Hall–Kier alpha value is -1.88. The van der Waals surface area contributed by atoms with Crippen LogP contribution in [0.5, 0.6) is 11.5 Å². The van der Waals surface area contributed by atoms with Crippen LogP contribution in [0.15, 0.2) is 42.5 Å². The van der Waals surface area contributed by atoms with Gasteiger partial charge in [-0.2, -0.15) is 13.2 Å². The highest BCUT2D eigenvalue weighted by Gasteiger charge is 2.32. The highest BCUT2D eigenvalue weighted by Crippen LogP contribution is 2.36. The number of hydrogen-bond donors (Lipinski definition) is 1. The van der Waals surface area contributed by atoms with Crippen molar-refractivity contribution in [2.24, 2.45) is 0 Å². The summed E-state index contributed by atoms with van der Waals surface area (Å²) in [7, 11) is 0. The number of anilines is 1. The first kappa shape index (κ1) is 13.5. The molecule has 2 aromatic carbocycles. The van der Waals surface area contributed by atoms with E-state index in [0.717, 1.165) is 12.1 Å². The molecule has 2 aromatic rings. The number of nitrogen functional groups attached to an aromatic ring is 1. The topological polar surface area (TPSA) is 35.2 Å². The van der Waals surface area contributed by atoms with Crippen LogP contribution in [0.4, 0.5) is 18.9 Å². The molecule has 0 aliphatic heterocycles. The van der Waals surface area contributed by atoms with Gasteiger partial charge in [0.15, 0.2) is 0 Å². The van der Waals surface area contributed by atoms with E-state index in [1.807, 2.05) is 0 Å². The van der Waals surface area contributed by atoms with Gasteiger partial charge in [0, 0.05) is 16.8 Å². The molecule has 6 heteroatoms. The maximum absolute atomic E-state index is 12.5. The van der Waals surface area contributed by atoms with Crippen LogP contribution < -0.4 is 10.5 Å². The quantitative estimate of drug-likeness (QED) is 0.810. The average molecular weight is 288 g/mol. The summed E-state index contributed by atoms with van der Waals surface area (Å²) in [6.45, 7) is 0. The van der Waals surface area contributed by atoms with Gasteiger partial charge < -0.3 is 10.5 Å². The normalized spacial score (nSPS) is 11.4. The number of nitrogens with two attached hydrogens (primary N) is 1. The molecule has 0 aromatic heterocycles. The molecule has 0 saturated carbocycles. The Bertz CT molecular complexity index is 581. The van der Waals surface area contributed by atoms with Crippen molar-refractivity contribution in [2.45, 2.75) is 6.18 Å². The summed E-state index contributed by atoms with van der Waals surface area (Å²) in [4.78, 5) is 0. The minimum absolute atomic E-state index is 0.229. The summed E-state index contributed by atoms with van der Waals surface area (Å²) in [5.74, 6) is 0.691. The summed E-state index contributed by atoms with van der Waals surface area (Å²) in [6.07, 6.45) is -4.47. The van der Waals surface area contributed by atoms with Crippen LogP contribution in [0.1, 0.15) is 5.56 Å². The smallest absolute Gasteiger partial charge is 0.418 e. The second-order valence-corrected chi connectivity index (χ2v) is 4.24. The van der Waals surface area contributed by atoms with E-state index in [0.29, 0.717) is 10.8 Å². The molecule has 0 amide bonds. The third kappa shape index (κ3) is 3.32. The van der Waals surface area contributed by atoms with Gasteiger partial charge in [0.05, 0.1) is 5.56 Å². The van der Waals surface area contributed by atoms with E-state index in [1.54, 1.807) is 24.3 Å². The average Bonchev–Trinajstić information content (AvgIpc) is 2.30. The fourth-order valence-corrected chi connectivity index (χ4v) is 1.63. The number of rotatable bonds is 2. The van der Waals surface area contributed by atoms with Crippen molar-refractivity contribution in [3.63, 3.8) is 0 Å². The van der Waals surface area contributed by atoms with E-state index in [2.05, 4.69) is 0 Å². The Morgan fingerprint density at radius 3 is 2.05 bits per heavy atom. The summed E-state index contributed by atoms with van der Waals surface area (Å²) in [5, 5.41) is 0.541. The molecule has 2 rings (SSSR count). The van der Waals surface area contributed by atoms with Gasteiger partial charge >= 0.3 is 6.18 Å². The minimum Gasteiger partial charge on any atom is -0.457 e. The molecular weight excluding hydrogens is 279 g/mol. The van der Waals surface area contributed by atoms with Gasteiger partial charge in [0.2, 0.25) is 0 Å². The van der Waals surface area contributed by atoms with Crippen LogP contribution in [0.2, 0.25) is 5.02 Å². The summed E-state index contributed by atoms with van der Waals surface area (Å²) < 4.78 is 42.9. The number of benzene rings is 2. The van der Waals surface area contributed by atoms with Crippen LogP contribution in [0.3, 0.4) is 0 Å². The highest BCUT2D eigenvalue weighted by molar-refractivity contribution is 6.30. The van der Waals surface area contributed by atoms with Gasteiger partial charge in [-0.1, -0.05) is 11.6 Å². The summed E-state index contributed by atoms with van der Waals surface area (Å²) in [5.41, 5.74) is 4.11. The summed E-state index contributed by atoms with van der Waals surface area (Å²) in [6, 6.07) is 9.69. The zero-order valence-electron chi connectivity index (χ0n) is 9.54. The van der Waals surface area contributed by atoms with Crippen LogP contribution in [-0.4, -0.2) is 0 Å². The van der Waals surface area contributed by atoms with Crippen molar-refractivity contribution in [1.82, 2.24) is 0 Å². The molecule has 2 N–H and O–H groups in total. The van der Waals surface area contributed by atoms with Crippen molar-refractivity contribution in [3.05, 3.63) is 53.1 Å². The van der Waals surface area contributed by atoms with Gasteiger partial charge in [0.1, 0.15) is 11.5 Å². The lowest BCUT2D eigenvalue weighted by Crippen LogP contribution is -2.08. The van der Waals surface area contributed by atoms with E-state index in [-0.39, 0.29) is 11.4 Å². The predicted molar refractivity (Wildman–Crippen MR) is 67.4 cm³/mol. The van der Waals surface area contributed by atoms with Gasteiger partial charge in [-0.3, -0.25) is 0 Å². The van der Waals surface area contributed by atoms with Crippen molar-refractivity contribution < 1.29 is 17.9 Å². The molecule has 0 aliphatic rings. The lowest BCUT2D eigenvalue weighted by Gasteiger charge is -2.12. The number of halogens is 4. The Labute approximate surface area is 112 Å². The molecule has 0 heterocycles.